The van der Waals surface area contributed by atoms with Gasteiger partial charge < -0.3 is 15.4 Å². The molecule has 1 aromatic carbocycles. The van der Waals surface area contributed by atoms with E-state index in [1.165, 1.54) is 31.0 Å². The lowest BCUT2D eigenvalue weighted by Gasteiger charge is -2.36. The van der Waals surface area contributed by atoms with Crippen molar-refractivity contribution in [3.05, 3.63) is 40.9 Å². The first-order chi connectivity index (χ1) is 15.4. The second kappa shape index (κ2) is 8.37. The third kappa shape index (κ3) is 3.73. The van der Waals surface area contributed by atoms with Crippen LogP contribution < -0.4 is 15.4 Å². The topological polar surface area (TPSA) is 87.0 Å². The van der Waals surface area contributed by atoms with Crippen molar-refractivity contribution in [2.75, 3.05) is 18.0 Å². The third-order valence-corrected chi connectivity index (χ3v) is 6.76. The highest BCUT2D eigenvalue weighted by molar-refractivity contribution is 6.30. The zero-order valence-electron chi connectivity index (χ0n) is 18.2. The lowest BCUT2D eigenvalue weighted by molar-refractivity contribution is 0.352. The van der Waals surface area contributed by atoms with E-state index in [1.807, 2.05) is 17.7 Å². The summed E-state index contributed by atoms with van der Waals surface area (Å²) >= 11 is 5.91. The van der Waals surface area contributed by atoms with E-state index >= 15 is 0 Å². The third-order valence-electron chi connectivity index (χ3n) is 6.47. The number of nitrogens with zero attached hydrogens (tertiary/aromatic N) is 6. The van der Waals surface area contributed by atoms with Crippen LogP contribution in [0.4, 0.5) is 10.3 Å². The summed E-state index contributed by atoms with van der Waals surface area (Å²) in [5.41, 5.74) is 7.33. The van der Waals surface area contributed by atoms with E-state index in [0.717, 1.165) is 31.2 Å². The first-order valence-electron chi connectivity index (χ1n) is 11.1. The Kier molecular flexibility index (Phi) is 5.54. The summed E-state index contributed by atoms with van der Waals surface area (Å²) in [5, 5.41) is 4.70. The lowest BCUT2D eigenvalue weighted by atomic mass is 9.93. The second-order valence-corrected chi connectivity index (χ2v) is 9.12. The normalized spacial score (nSPS) is 22.5. The molecular weight excluding hydrogens is 433 g/mol. The minimum atomic E-state index is -0.497. The van der Waals surface area contributed by atoms with Gasteiger partial charge in [0.2, 0.25) is 5.95 Å². The molecule has 1 saturated heterocycles. The molecule has 2 fully saturated rings. The first kappa shape index (κ1) is 21.2. The van der Waals surface area contributed by atoms with Crippen molar-refractivity contribution < 1.29 is 9.13 Å². The fraction of sp³-hybridized carbons (Fsp3) is 0.500. The van der Waals surface area contributed by atoms with Crippen LogP contribution in [0, 0.1) is 24.6 Å². The molecule has 1 saturated carbocycles. The molecule has 0 spiro atoms. The van der Waals surface area contributed by atoms with Gasteiger partial charge in [-0.25, -0.2) is 18.6 Å². The Hall–Kier alpha value is -2.65. The van der Waals surface area contributed by atoms with Crippen molar-refractivity contribution in [1.82, 2.24) is 24.3 Å². The van der Waals surface area contributed by atoms with Crippen LogP contribution in [0.5, 0.6) is 11.8 Å². The molecule has 8 nitrogen and oxygen atoms in total. The number of benzene rings is 1. The fourth-order valence-electron chi connectivity index (χ4n) is 4.81. The molecule has 2 N–H and O–H groups in total. The van der Waals surface area contributed by atoms with Crippen LogP contribution in [0.25, 0.3) is 5.95 Å². The first-order valence-corrected chi connectivity index (χ1v) is 11.5. The maximum Gasteiger partial charge on any atom is 0.322 e. The van der Waals surface area contributed by atoms with Gasteiger partial charge in [-0.1, -0.05) is 18.5 Å². The molecule has 1 aliphatic heterocycles. The Morgan fingerprint density at radius 2 is 2.00 bits per heavy atom. The highest BCUT2D eigenvalue weighted by Gasteiger charge is 2.41. The van der Waals surface area contributed by atoms with E-state index in [-0.39, 0.29) is 11.1 Å². The average molecular weight is 460 g/mol. The molecule has 0 amide bonds. The predicted octanol–water partition coefficient (Wildman–Crippen LogP) is 3.94. The summed E-state index contributed by atoms with van der Waals surface area (Å²) in [6, 6.07) is 4.82. The smallest absolute Gasteiger partial charge is 0.322 e. The number of hydrogen-bond acceptors (Lipinski definition) is 6. The van der Waals surface area contributed by atoms with Crippen molar-refractivity contribution in [3.63, 3.8) is 0 Å². The van der Waals surface area contributed by atoms with E-state index < -0.39 is 5.82 Å². The molecular formula is C22H27ClFN7O. The van der Waals surface area contributed by atoms with Crippen LogP contribution in [0.15, 0.2) is 24.4 Å². The molecule has 3 aromatic rings. The summed E-state index contributed by atoms with van der Waals surface area (Å²) in [4.78, 5) is 11.7. The van der Waals surface area contributed by atoms with Gasteiger partial charge in [0.25, 0.3) is 5.95 Å². The SMILES string of the molecule is CCCn1nc(-n2c(C)cnc2N2CC3CCC(C2)C3N)nc1Oc1ccc(F)c(Cl)c1. The molecule has 0 radical (unpaired) electrons. The van der Waals surface area contributed by atoms with Gasteiger partial charge in [0.1, 0.15) is 11.6 Å². The van der Waals surface area contributed by atoms with Gasteiger partial charge in [-0.15, -0.1) is 5.10 Å². The van der Waals surface area contributed by atoms with E-state index in [1.54, 1.807) is 4.68 Å². The van der Waals surface area contributed by atoms with E-state index in [4.69, 9.17) is 27.2 Å². The molecule has 1 aliphatic carbocycles. The van der Waals surface area contributed by atoms with Crippen LogP contribution in [-0.4, -0.2) is 43.4 Å². The van der Waals surface area contributed by atoms with Gasteiger partial charge >= 0.3 is 6.01 Å². The van der Waals surface area contributed by atoms with Gasteiger partial charge in [0.05, 0.1) is 11.2 Å². The highest BCUT2D eigenvalue weighted by atomic mass is 35.5. The van der Waals surface area contributed by atoms with Crippen LogP contribution in [-0.2, 0) is 6.54 Å². The van der Waals surface area contributed by atoms with Gasteiger partial charge in [0.15, 0.2) is 0 Å². The number of hydrogen-bond donors (Lipinski definition) is 1. The van der Waals surface area contributed by atoms with E-state index in [0.29, 0.717) is 36.1 Å². The fourth-order valence-corrected chi connectivity index (χ4v) is 4.98. The molecule has 32 heavy (non-hydrogen) atoms. The number of anilines is 1. The number of imidazole rings is 1. The molecule has 5 rings (SSSR count). The van der Waals surface area contributed by atoms with Crippen molar-refractivity contribution in [3.8, 4) is 17.7 Å². The number of aromatic nitrogens is 5. The van der Waals surface area contributed by atoms with Gasteiger partial charge in [-0.2, -0.15) is 4.98 Å². The van der Waals surface area contributed by atoms with Crippen LogP contribution in [0.2, 0.25) is 5.02 Å². The largest absolute Gasteiger partial charge is 0.424 e. The summed E-state index contributed by atoms with van der Waals surface area (Å²) in [7, 11) is 0. The summed E-state index contributed by atoms with van der Waals surface area (Å²) < 4.78 is 23.1. The number of halogens is 2. The number of fused-ring (bicyclic) bond motifs is 2. The van der Waals surface area contributed by atoms with Crippen molar-refractivity contribution in [2.45, 2.75) is 45.7 Å². The van der Waals surface area contributed by atoms with E-state index in [9.17, 15) is 4.39 Å². The maximum atomic E-state index is 13.5. The van der Waals surface area contributed by atoms with Crippen LogP contribution in [0.1, 0.15) is 31.9 Å². The summed E-state index contributed by atoms with van der Waals surface area (Å²) in [6.45, 7) is 6.45. The monoisotopic (exact) mass is 459 g/mol. The highest BCUT2D eigenvalue weighted by Crippen LogP contribution is 2.38. The standard InChI is InChI=1S/C22H27ClFN7O/c1-3-8-30-22(32-16-6-7-18(24)17(23)9-16)27-20(28-30)31-13(2)10-26-21(31)29-11-14-4-5-15(12-29)19(14)25/h6-7,9-10,14-15,19H,3-5,8,11-12,25H2,1-2H3. The molecule has 170 valence electrons. The number of ether oxygens (including phenoxy) is 1. The van der Waals surface area contributed by atoms with Crippen LogP contribution in [0.3, 0.4) is 0 Å². The lowest BCUT2D eigenvalue weighted by Crippen LogP contribution is -2.49. The van der Waals surface area contributed by atoms with E-state index in [2.05, 4.69) is 21.8 Å². The van der Waals surface area contributed by atoms with Gasteiger partial charge in [-0.3, -0.25) is 0 Å². The minimum Gasteiger partial charge on any atom is -0.424 e. The maximum absolute atomic E-state index is 13.5. The molecule has 2 atom stereocenters. The summed E-state index contributed by atoms with van der Waals surface area (Å²) in [5.74, 6) is 2.21. The van der Waals surface area contributed by atoms with Gasteiger partial charge in [-0.05, 0) is 50.2 Å². The molecule has 3 heterocycles. The number of aryl methyl sites for hydroxylation is 2. The molecule has 10 heteroatoms. The Bertz CT molecular complexity index is 1120. The Balaban J connectivity index is 1.48. The Labute approximate surface area is 191 Å². The molecule has 2 unspecified atom stereocenters. The van der Waals surface area contributed by atoms with Crippen LogP contribution >= 0.6 is 11.6 Å². The molecule has 2 bridgehead atoms. The molecule has 2 aliphatic rings. The number of piperidine rings is 1. The minimum absolute atomic E-state index is 0.00467. The Morgan fingerprint density at radius 3 is 2.69 bits per heavy atom. The van der Waals surface area contributed by atoms with Crippen molar-refractivity contribution in [2.24, 2.45) is 17.6 Å². The predicted molar refractivity (Wildman–Crippen MR) is 120 cm³/mol. The quantitative estimate of drug-likeness (QED) is 0.600. The van der Waals surface area contributed by atoms with Gasteiger partial charge in [0, 0.05) is 37.4 Å². The molecule has 2 aromatic heterocycles. The zero-order valence-corrected chi connectivity index (χ0v) is 19.0. The summed E-state index contributed by atoms with van der Waals surface area (Å²) in [6.07, 6.45) is 5.03. The average Bonchev–Trinajstić information content (AvgIpc) is 3.38. The zero-order chi connectivity index (χ0) is 22.4. The Morgan fingerprint density at radius 1 is 1.25 bits per heavy atom. The van der Waals surface area contributed by atoms with Crippen molar-refractivity contribution in [1.29, 1.82) is 0 Å². The second-order valence-electron chi connectivity index (χ2n) is 8.71. The number of nitrogens with two attached hydrogens (primary N) is 1. The van der Waals surface area contributed by atoms with Crippen molar-refractivity contribution >= 4 is 17.5 Å². The number of rotatable bonds is 6.